The highest BCUT2D eigenvalue weighted by molar-refractivity contribution is 7.87. The topological polar surface area (TPSA) is 76.8 Å². The van der Waals surface area contributed by atoms with Gasteiger partial charge in [-0.05, 0) is 66.1 Å². The number of carbonyl (C=O) groups excluding carboxylic acids is 1. The maximum Gasteiger partial charge on any atom is 0.339 e. The average molecular weight is 508 g/mol. The number of hydrogen-bond donors (Lipinski definition) is 0. The molecule has 1 aromatic heterocycles. The molecule has 1 heterocycles. The molecular weight excluding hydrogens is 481 g/mol. The van der Waals surface area contributed by atoms with Gasteiger partial charge < -0.3 is 13.5 Å². The number of carbonyl (C=O) groups is 1. The smallest absolute Gasteiger partial charge is 0.339 e. The SMILES string of the molecule is CCC(C(=O)N(Cc1cccc(OS(=O)(=O)c2ccc(F)cc2)c1)Cc1ccco1)c1ccccc1. The summed E-state index contributed by atoms with van der Waals surface area (Å²) in [4.78, 5) is 15.2. The van der Waals surface area contributed by atoms with E-state index in [0.717, 1.165) is 29.8 Å². The normalized spacial score (nSPS) is 12.2. The summed E-state index contributed by atoms with van der Waals surface area (Å²) in [5.74, 6) is -0.210. The maximum atomic E-state index is 13.7. The van der Waals surface area contributed by atoms with E-state index in [2.05, 4.69) is 0 Å². The molecule has 0 saturated heterocycles. The van der Waals surface area contributed by atoms with Crippen LogP contribution in [-0.2, 0) is 28.0 Å². The van der Waals surface area contributed by atoms with Gasteiger partial charge in [-0.3, -0.25) is 4.79 Å². The van der Waals surface area contributed by atoms with E-state index in [4.69, 9.17) is 8.60 Å². The zero-order chi connectivity index (χ0) is 25.5. The van der Waals surface area contributed by atoms with Crippen LogP contribution in [0.3, 0.4) is 0 Å². The molecule has 36 heavy (non-hydrogen) atoms. The van der Waals surface area contributed by atoms with E-state index < -0.39 is 15.9 Å². The molecule has 6 nitrogen and oxygen atoms in total. The lowest BCUT2D eigenvalue weighted by Crippen LogP contribution is -2.34. The van der Waals surface area contributed by atoms with Crippen molar-refractivity contribution in [2.75, 3.05) is 0 Å². The van der Waals surface area contributed by atoms with E-state index in [0.29, 0.717) is 17.7 Å². The van der Waals surface area contributed by atoms with Crippen LogP contribution in [0.15, 0.2) is 107 Å². The van der Waals surface area contributed by atoms with E-state index in [-0.39, 0.29) is 35.6 Å². The Balaban J connectivity index is 1.57. The van der Waals surface area contributed by atoms with Gasteiger partial charge in [0.1, 0.15) is 22.2 Å². The molecule has 1 amide bonds. The second-order valence-corrected chi connectivity index (χ2v) is 9.83. The summed E-state index contributed by atoms with van der Waals surface area (Å²) in [6.07, 6.45) is 2.18. The number of furan rings is 1. The number of nitrogens with zero attached hydrogens (tertiary/aromatic N) is 1. The molecule has 0 fully saturated rings. The first-order chi connectivity index (χ1) is 17.4. The first-order valence-electron chi connectivity index (χ1n) is 11.5. The molecule has 3 aromatic carbocycles. The summed E-state index contributed by atoms with van der Waals surface area (Å²) in [6.45, 7) is 2.44. The summed E-state index contributed by atoms with van der Waals surface area (Å²) in [6, 6.07) is 24.1. The van der Waals surface area contributed by atoms with Crippen LogP contribution in [0.25, 0.3) is 0 Å². The predicted octanol–water partition coefficient (Wildman–Crippen LogP) is 5.91. The van der Waals surface area contributed by atoms with Gasteiger partial charge in [-0.1, -0.05) is 49.4 Å². The Labute approximate surface area is 210 Å². The van der Waals surface area contributed by atoms with Crippen molar-refractivity contribution in [1.82, 2.24) is 4.90 Å². The third kappa shape index (κ3) is 6.20. The van der Waals surface area contributed by atoms with Gasteiger partial charge in [-0.15, -0.1) is 0 Å². The zero-order valence-electron chi connectivity index (χ0n) is 19.7. The number of amides is 1. The fourth-order valence-electron chi connectivity index (χ4n) is 3.95. The molecule has 186 valence electrons. The second kappa shape index (κ2) is 11.2. The van der Waals surface area contributed by atoms with Gasteiger partial charge in [0, 0.05) is 6.54 Å². The van der Waals surface area contributed by atoms with Crippen LogP contribution in [-0.4, -0.2) is 19.2 Å². The summed E-state index contributed by atoms with van der Waals surface area (Å²) in [5, 5.41) is 0. The molecule has 0 aliphatic rings. The Morgan fingerprint density at radius 3 is 2.36 bits per heavy atom. The molecule has 0 aliphatic carbocycles. The van der Waals surface area contributed by atoms with Crippen molar-refractivity contribution in [3.63, 3.8) is 0 Å². The van der Waals surface area contributed by atoms with Crippen molar-refractivity contribution in [2.24, 2.45) is 0 Å². The largest absolute Gasteiger partial charge is 0.467 e. The van der Waals surface area contributed by atoms with Crippen molar-refractivity contribution in [2.45, 2.75) is 37.2 Å². The van der Waals surface area contributed by atoms with Crippen LogP contribution >= 0.6 is 0 Å². The van der Waals surface area contributed by atoms with Gasteiger partial charge in [0.2, 0.25) is 5.91 Å². The van der Waals surface area contributed by atoms with E-state index in [1.165, 1.54) is 6.07 Å². The molecule has 1 atom stereocenters. The summed E-state index contributed by atoms with van der Waals surface area (Å²) in [5.41, 5.74) is 1.61. The second-order valence-electron chi connectivity index (χ2n) is 8.28. The van der Waals surface area contributed by atoms with Gasteiger partial charge in [-0.25, -0.2) is 4.39 Å². The third-order valence-corrected chi connectivity index (χ3v) is 6.99. The first-order valence-corrected chi connectivity index (χ1v) is 12.9. The van der Waals surface area contributed by atoms with Crippen LogP contribution in [0, 0.1) is 5.82 Å². The van der Waals surface area contributed by atoms with E-state index >= 15 is 0 Å². The monoisotopic (exact) mass is 507 g/mol. The minimum absolute atomic E-state index is 0.0645. The molecule has 0 spiro atoms. The molecule has 1 unspecified atom stereocenters. The third-order valence-electron chi connectivity index (χ3n) is 5.73. The zero-order valence-corrected chi connectivity index (χ0v) is 20.5. The van der Waals surface area contributed by atoms with Crippen molar-refractivity contribution in [3.05, 3.63) is 120 Å². The predicted molar refractivity (Wildman–Crippen MR) is 133 cm³/mol. The minimum Gasteiger partial charge on any atom is -0.467 e. The molecule has 0 saturated carbocycles. The molecule has 4 aromatic rings. The molecule has 0 radical (unpaired) electrons. The van der Waals surface area contributed by atoms with Gasteiger partial charge >= 0.3 is 10.1 Å². The Kier molecular flexibility index (Phi) is 7.85. The highest BCUT2D eigenvalue weighted by atomic mass is 32.2. The molecular formula is C28H26FNO5S. The Morgan fingerprint density at radius 2 is 1.69 bits per heavy atom. The molecule has 0 N–H and O–H groups in total. The van der Waals surface area contributed by atoms with Crippen LogP contribution in [0.5, 0.6) is 5.75 Å². The number of hydrogen-bond acceptors (Lipinski definition) is 5. The quantitative estimate of drug-likeness (QED) is 0.250. The Morgan fingerprint density at radius 1 is 0.944 bits per heavy atom. The fraction of sp³-hybridized carbons (Fsp3) is 0.179. The van der Waals surface area contributed by atoms with Crippen molar-refractivity contribution >= 4 is 16.0 Å². The lowest BCUT2D eigenvalue weighted by Gasteiger charge is -2.27. The summed E-state index contributed by atoms with van der Waals surface area (Å²) in [7, 11) is -4.15. The summed E-state index contributed by atoms with van der Waals surface area (Å²) >= 11 is 0. The summed E-state index contributed by atoms with van der Waals surface area (Å²) < 4.78 is 49.2. The van der Waals surface area contributed by atoms with Crippen molar-refractivity contribution in [1.29, 1.82) is 0 Å². The van der Waals surface area contributed by atoms with Crippen LogP contribution in [0.4, 0.5) is 4.39 Å². The van der Waals surface area contributed by atoms with Gasteiger partial charge in [-0.2, -0.15) is 8.42 Å². The number of halogens is 1. The van der Waals surface area contributed by atoms with Crippen molar-refractivity contribution < 1.29 is 26.2 Å². The van der Waals surface area contributed by atoms with Gasteiger partial charge in [0.25, 0.3) is 0 Å². The average Bonchev–Trinajstić information content (AvgIpc) is 3.38. The van der Waals surface area contributed by atoms with Crippen LogP contribution in [0.2, 0.25) is 0 Å². The fourth-order valence-corrected chi connectivity index (χ4v) is 4.88. The minimum atomic E-state index is -4.15. The number of benzene rings is 3. The lowest BCUT2D eigenvalue weighted by atomic mass is 9.94. The lowest BCUT2D eigenvalue weighted by molar-refractivity contribution is -0.134. The van der Waals surface area contributed by atoms with Gasteiger partial charge in [0.15, 0.2) is 0 Å². The first kappa shape index (κ1) is 25.2. The Hall–Kier alpha value is -3.91. The van der Waals surface area contributed by atoms with Crippen LogP contribution in [0.1, 0.15) is 36.1 Å². The molecule has 0 aliphatic heterocycles. The van der Waals surface area contributed by atoms with E-state index in [1.54, 1.807) is 41.5 Å². The molecule has 4 rings (SSSR count). The van der Waals surface area contributed by atoms with E-state index in [9.17, 15) is 17.6 Å². The molecule has 0 bridgehead atoms. The van der Waals surface area contributed by atoms with Crippen LogP contribution < -0.4 is 4.18 Å². The number of rotatable bonds is 10. The highest BCUT2D eigenvalue weighted by Gasteiger charge is 2.26. The highest BCUT2D eigenvalue weighted by Crippen LogP contribution is 2.26. The van der Waals surface area contributed by atoms with E-state index in [1.807, 2.05) is 37.3 Å². The Bertz CT molecular complexity index is 1390. The van der Waals surface area contributed by atoms with Crippen molar-refractivity contribution in [3.8, 4) is 5.75 Å². The van der Waals surface area contributed by atoms with Gasteiger partial charge in [0.05, 0.1) is 18.7 Å². The molecule has 8 heteroatoms. The maximum absolute atomic E-state index is 13.7. The standard InChI is InChI=1S/C28H26FNO5S/c1-2-27(22-9-4-3-5-10-22)28(31)30(20-25-12-7-17-34-25)19-21-8-6-11-24(18-21)35-36(32,33)26-15-13-23(29)14-16-26/h3-18,27H,2,19-20H2,1H3.